The van der Waals surface area contributed by atoms with Gasteiger partial charge in [-0.25, -0.2) is 0 Å². The van der Waals surface area contributed by atoms with Crippen molar-refractivity contribution in [1.29, 1.82) is 0 Å². The van der Waals surface area contributed by atoms with Crippen LogP contribution in [0.3, 0.4) is 0 Å². The Labute approximate surface area is 160 Å². The number of rotatable bonds is 11. The molecule has 0 aliphatic carbocycles. The lowest BCUT2D eigenvalue weighted by molar-refractivity contribution is 0.142. The van der Waals surface area contributed by atoms with Crippen molar-refractivity contribution in [3.63, 3.8) is 0 Å². The molecule has 0 fully saturated rings. The number of hydrogen-bond donors (Lipinski definition) is 1. The molecule has 0 aliphatic rings. The lowest BCUT2D eigenvalue weighted by atomic mass is 9.84. The van der Waals surface area contributed by atoms with E-state index in [0.29, 0.717) is 11.8 Å². The van der Waals surface area contributed by atoms with Gasteiger partial charge in [-0.15, -0.1) is 0 Å². The Bertz CT molecular complexity index is 590. The van der Waals surface area contributed by atoms with E-state index in [0.717, 1.165) is 18.8 Å². The molecule has 0 saturated carbocycles. The van der Waals surface area contributed by atoms with Crippen LogP contribution in [0.25, 0.3) is 0 Å². The SMILES string of the molecule is CC(C)[C@@H](CCC[C@@H](C)C[C@H](O)Cc1ccccc1)Cc1ccccc1. The summed E-state index contributed by atoms with van der Waals surface area (Å²) in [6.07, 6.45) is 6.39. The van der Waals surface area contributed by atoms with Crippen molar-refractivity contribution in [1.82, 2.24) is 0 Å². The largest absolute Gasteiger partial charge is 0.393 e. The van der Waals surface area contributed by atoms with Crippen LogP contribution in [0, 0.1) is 17.8 Å². The summed E-state index contributed by atoms with van der Waals surface area (Å²) in [4.78, 5) is 0. The van der Waals surface area contributed by atoms with E-state index in [1.807, 2.05) is 18.2 Å². The van der Waals surface area contributed by atoms with E-state index in [2.05, 4.69) is 63.2 Å². The first kappa shape index (κ1) is 20.7. The molecule has 0 spiro atoms. The molecule has 2 rings (SSSR count). The van der Waals surface area contributed by atoms with Gasteiger partial charge in [0.15, 0.2) is 0 Å². The van der Waals surface area contributed by atoms with E-state index in [1.165, 1.54) is 36.8 Å². The number of hydrogen-bond acceptors (Lipinski definition) is 1. The summed E-state index contributed by atoms with van der Waals surface area (Å²) in [5.74, 6) is 2.05. The van der Waals surface area contributed by atoms with Gasteiger partial charge in [0, 0.05) is 0 Å². The molecular weight excluding hydrogens is 316 g/mol. The molecule has 0 radical (unpaired) electrons. The summed E-state index contributed by atoms with van der Waals surface area (Å²) < 4.78 is 0. The highest BCUT2D eigenvalue weighted by Crippen LogP contribution is 2.25. The predicted octanol–water partition coefficient (Wildman–Crippen LogP) is 6.30. The third kappa shape index (κ3) is 7.74. The van der Waals surface area contributed by atoms with Gasteiger partial charge in [-0.2, -0.15) is 0 Å². The Morgan fingerprint density at radius 2 is 1.27 bits per heavy atom. The third-order valence-corrected chi connectivity index (χ3v) is 5.54. The first-order chi connectivity index (χ1) is 12.5. The summed E-state index contributed by atoms with van der Waals surface area (Å²) >= 11 is 0. The molecular formula is C25H36O. The standard InChI is InChI=1S/C25H36O/c1-20(2)24(18-22-12-6-4-7-13-22)16-10-11-21(3)17-25(26)19-23-14-8-5-9-15-23/h4-9,12-15,20-21,24-26H,10-11,16-19H2,1-3H3/t21-,24+,25+/m1/s1. The van der Waals surface area contributed by atoms with Crippen molar-refractivity contribution in [2.75, 3.05) is 0 Å². The van der Waals surface area contributed by atoms with Crippen molar-refractivity contribution < 1.29 is 5.11 Å². The zero-order valence-electron chi connectivity index (χ0n) is 16.8. The molecule has 2 aromatic carbocycles. The predicted molar refractivity (Wildman–Crippen MR) is 112 cm³/mol. The molecule has 0 saturated heterocycles. The second-order valence-electron chi connectivity index (χ2n) is 8.31. The fraction of sp³-hybridized carbons (Fsp3) is 0.520. The first-order valence-electron chi connectivity index (χ1n) is 10.3. The molecule has 3 atom stereocenters. The summed E-state index contributed by atoms with van der Waals surface area (Å²) in [5.41, 5.74) is 2.69. The average molecular weight is 353 g/mol. The highest BCUT2D eigenvalue weighted by Gasteiger charge is 2.16. The van der Waals surface area contributed by atoms with Crippen molar-refractivity contribution in [2.24, 2.45) is 17.8 Å². The van der Waals surface area contributed by atoms with Gasteiger partial charge in [0.2, 0.25) is 0 Å². The van der Waals surface area contributed by atoms with Gasteiger partial charge in [0.1, 0.15) is 0 Å². The van der Waals surface area contributed by atoms with Gasteiger partial charge < -0.3 is 5.11 Å². The molecule has 26 heavy (non-hydrogen) atoms. The smallest absolute Gasteiger partial charge is 0.0583 e. The molecule has 1 heteroatoms. The summed E-state index contributed by atoms with van der Waals surface area (Å²) in [6.45, 7) is 6.98. The van der Waals surface area contributed by atoms with E-state index in [9.17, 15) is 5.11 Å². The molecule has 0 aromatic heterocycles. The highest BCUT2D eigenvalue weighted by atomic mass is 16.3. The second-order valence-corrected chi connectivity index (χ2v) is 8.31. The van der Waals surface area contributed by atoms with E-state index in [4.69, 9.17) is 0 Å². The van der Waals surface area contributed by atoms with Crippen LogP contribution in [-0.4, -0.2) is 11.2 Å². The van der Waals surface area contributed by atoms with E-state index in [-0.39, 0.29) is 6.10 Å². The number of aliphatic hydroxyl groups excluding tert-OH is 1. The van der Waals surface area contributed by atoms with Crippen molar-refractivity contribution in [3.05, 3.63) is 71.8 Å². The van der Waals surface area contributed by atoms with E-state index in [1.54, 1.807) is 0 Å². The normalized spacial score (nSPS) is 15.0. The Morgan fingerprint density at radius 1 is 0.731 bits per heavy atom. The maximum atomic E-state index is 10.4. The van der Waals surface area contributed by atoms with Crippen LogP contribution in [0.15, 0.2) is 60.7 Å². The fourth-order valence-corrected chi connectivity index (χ4v) is 3.87. The zero-order valence-corrected chi connectivity index (χ0v) is 16.8. The quantitative estimate of drug-likeness (QED) is 0.503. The molecule has 0 heterocycles. The summed E-state index contributed by atoms with van der Waals surface area (Å²) in [6, 6.07) is 21.2. The summed E-state index contributed by atoms with van der Waals surface area (Å²) in [5, 5.41) is 10.4. The van der Waals surface area contributed by atoms with Gasteiger partial charge >= 0.3 is 0 Å². The fourth-order valence-electron chi connectivity index (χ4n) is 3.87. The van der Waals surface area contributed by atoms with Crippen LogP contribution in [0.1, 0.15) is 57.6 Å². The maximum Gasteiger partial charge on any atom is 0.0583 e. The minimum atomic E-state index is -0.224. The minimum absolute atomic E-state index is 0.224. The van der Waals surface area contributed by atoms with Crippen LogP contribution >= 0.6 is 0 Å². The van der Waals surface area contributed by atoms with E-state index >= 15 is 0 Å². The zero-order chi connectivity index (χ0) is 18.8. The molecule has 1 N–H and O–H groups in total. The van der Waals surface area contributed by atoms with Gasteiger partial charge in [-0.05, 0) is 54.6 Å². The van der Waals surface area contributed by atoms with Crippen molar-refractivity contribution in [3.8, 4) is 0 Å². The molecule has 0 aliphatic heterocycles. The lowest BCUT2D eigenvalue weighted by Crippen LogP contribution is -2.16. The van der Waals surface area contributed by atoms with Crippen LogP contribution in [0.4, 0.5) is 0 Å². The van der Waals surface area contributed by atoms with E-state index < -0.39 is 0 Å². The molecule has 142 valence electrons. The molecule has 0 unspecified atom stereocenters. The van der Waals surface area contributed by atoms with Crippen molar-refractivity contribution >= 4 is 0 Å². The molecule has 0 bridgehead atoms. The van der Waals surface area contributed by atoms with Gasteiger partial charge in [-0.3, -0.25) is 0 Å². The summed E-state index contributed by atoms with van der Waals surface area (Å²) in [7, 11) is 0. The monoisotopic (exact) mass is 352 g/mol. The Hall–Kier alpha value is -1.60. The highest BCUT2D eigenvalue weighted by molar-refractivity contribution is 5.16. The van der Waals surface area contributed by atoms with Crippen LogP contribution in [-0.2, 0) is 12.8 Å². The molecule has 2 aromatic rings. The average Bonchev–Trinajstić information content (AvgIpc) is 2.62. The first-order valence-corrected chi connectivity index (χ1v) is 10.3. The topological polar surface area (TPSA) is 20.2 Å². The van der Waals surface area contributed by atoms with Crippen LogP contribution in [0.5, 0.6) is 0 Å². The molecule has 0 amide bonds. The number of aliphatic hydroxyl groups is 1. The second kappa shape index (κ2) is 11.2. The maximum absolute atomic E-state index is 10.4. The van der Waals surface area contributed by atoms with Gasteiger partial charge in [-0.1, -0.05) is 94.3 Å². The van der Waals surface area contributed by atoms with Crippen LogP contribution < -0.4 is 0 Å². The Morgan fingerprint density at radius 3 is 1.81 bits per heavy atom. The van der Waals surface area contributed by atoms with Crippen LogP contribution in [0.2, 0.25) is 0 Å². The van der Waals surface area contributed by atoms with Gasteiger partial charge in [0.05, 0.1) is 6.10 Å². The molecule has 1 nitrogen and oxygen atoms in total. The Balaban J connectivity index is 1.70. The minimum Gasteiger partial charge on any atom is -0.393 e. The van der Waals surface area contributed by atoms with Crippen molar-refractivity contribution in [2.45, 2.75) is 65.4 Å². The lowest BCUT2D eigenvalue weighted by Gasteiger charge is -2.22. The Kier molecular flexibility index (Phi) is 8.91. The van der Waals surface area contributed by atoms with Gasteiger partial charge in [0.25, 0.3) is 0 Å². The number of benzene rings is 2. The third-order valence-electron chi connectivity index (χ3n) is 5.54.